The smallest absolute Gasteiger partial charge is 0.0349 e. The van der Waals surface area contributed by atoms with Gasteiger partial charge in [-0.2, -0.15) is 0 Å². The number of thiophene rings is 1. The second-order valence-electron chi connectivity index (χ2n) is 4.21. The van der Waals surface area contributed by atoms with E-state index in [1.807, 2.05) is 11.3 Å². The highest BCUT2D eigenvalue weighted by atomic mass is 32.1. The molecule has 0 atom stereocenters. The van der Waals surface area contributed by atoms with E-state index >= 15 is 0 Å². The van der Waals surface area contributed by atoms with Crippen LogP contribution in [0.1, 0.15) is 31.6 Å². The first-order valence-corrected chi connectivity index (χ1v) is 6.95. The first kappa shape index (κ1) is 12.1. The lowest BCUT2D eigenvalue weighted by Gasteiger charge is -1.97. The standard InChI is InChI=1S/C16H18S/c1-3-4-8-13(2)15-11-12-16(17-15)14-9-6-5-7-10-14/h5-12H,3-4H2,1-2H3/b13-8+. The van der Waals surface area contributed by atoms with Crippen LogP contribution in [0.3, 0.4) is 0 Å². The van der Waals surface area contributed by atoms with Gasteiger partial charge in [-0.25, -0.2) is 0 Å². The fraction of sp³-hybridized carbons (Fsp3) is 0.250. The summed E-state index contributed by atoms with van der Waals surface area (Å²) in [6, 6.07) is 15.0. The van der Waals surface area contributed by atoms with Gasteiger partial charge in [0.15, 0.2) is 0 Å². The third kappa shape index (κ3) is 3.07. The Bertz CT molecular complexity index is 491. The van der Waals surface area contributed by atoms with Crippen molar-refractivity contribution in [3.05, 3.63) is 53.4 Å². The molecule has 0 fully saturated rings. The molecule has 17 heavy (non-hydrogen) atoms. The van der Waals surface area contributed by atoms with Crippen LogP contribution in [-0.2, 0) is 0 Å². The van der Waals surface area contributed by atoms with Gasteiger partial charge in [-0.1, -0.05) is 49.8 Å². The predicted octanol–water partition coefficient (Wildman–Crippen LogP) is 5.62. The van der Waals surface area contributed by atoms with Crippen molar-refractivity contribution in [3.8, 4) is 10.4 Å². The maximum Gasteiger partial charge on any atom is 0.0349 e. The summed E-state index contributed by atoms with van der Waals surface area (Å²) in [6.45, 7) is 4.42. The van der Waals surface area contributed by atoms with Crippen molar-refractivity contribution in [2.75, 3.05) is 0 Å². The Morgan fingerprint density at radius 3 is 2.59 bits per heavy atom. The van der Waals surface area contributed by atoms with Crippen molar-refractivity contribution in [3.63, 3.8) is 0 Å². The lowest BCUT2D eigenvalue weighted by Crippen LogP contribution is -1.71. The molecule has 0 radical (unpaired) electrons. The van der Waals surface area contributed by atoms with Crippen molar-refractivity contribution < 1.29 is 0 Å². The van der Waals surface area contributed by atoms with Gasteiger partial charge in [0.1, 0.15) is 0 Å². The van der Waals surface area contributed by atoms with Crippen molar-refractivity contribution in [1.29, 1.82) is 0 Å². The molecule has 1 heteroatoms. The molecular formula is C16H18S. The minimum absolute atomic E-state index is 1.17. The molecule has 2 aromatic rings. The van der Waals surface area contributed by atoms with Crippen molar-refractivity contribution in [2.24, 2.45) is 0 Å². The summed E-state index contributed by atoms with van der Waals surface area (Å²) in [6.07, 6.45) is 4.72. The summed E-state index contributed by atoms with van der Waals surface area (Å²) < 4.78 is 0. The Balaban J connectivity index is 2.22. The number of benzene rings is 1. The van der Waals surface area contributed by atoms with Gasteiger partial charge in [0.25, 0.3) is 0 Å². The lowest BCUT2D eigenvalue weighted by atomic mass is 10.1. The third-order valence-electron chi connectivity index (χ3n) is 2.79. The van der Waals surface area contributed by atoms with E-state index in [2.05, 4.69) is 62.4 Å². The van der Waals surface area contributed by atoms with Crippen LogP contribution in [0.15, 0.2) is 48.5 Å². The predicted molar refractivity (Wildman–Crippen MR) is 78.3 cm³/mol. The summed E-state index contributed by atoms with van der Waals surface area (Å²) in [7, 11) is 0. The van der Waals surface area contributed by atoms with E-state index in [0.717, 1.165) is 0 Å². The molecule has 0 N–H and O–H groups in total. The van der Waals surface area contributed by atoms with E-state index in [-0.39, 0.29) is 0 Å². The highest BCUT2D eigenvalue weighted by Gasteiger charge is 2.03. The first-order chi connectivity index (χ1) is 8.31. The van der Waals surface area contributed by atoms with E-state index in [9.17, 15) is 0 Å². The van der Waals surface area contributed by atoms with Crippen LogP contribution >= 0.6 is 11.3 Å². The molecule has 0 unspecified atom stereocenters. The van der Waals surface area contributed by atoms with Gasteiger partial charge in [-0.15, -0.1) is 11.3 Å². The largest absolute Gasteiger partial charge is 0.136 e. The normalized spacial score (nSPS) is 11.8. The second-order valence-corrected chi connectivity index (χ2v) is 5.29. The molecule has 1 aromatic carbocycles. The van der Waals surface area contributed by atoms with Gasteiger partial charge in [0.05, 0.1) is 0 Å². The molecular weight excluding hydrogens is 224 g/mol. The summed E-state index contributed by atoms with van der Waals surface area (Å²) >= 11 is 1.88. The van der Waals surface area contributed by atoms with Gasteiger partial charge in [0.2, 0.25) is 0 Å². The van der Waals surface area contributed by atoms with E-state index in [1.165, 1.54) is 33.7 Å². The summed E-state index contributed by atoms with van der Waals surface area (Å²) in [5.74, 6) is 0. The Hall–Kier alpha value is -1.34. The number of hydrogen-bond acceptors (Lipinski definition) is 1. The molecule has 0 saturated carbocycles. The number of unbranched alkanes of at least 4 members (excludes halogenated alkanes) is 1. The Morgan fingerprint density at radius 1 is 1.12 bits per heavy atom. The van der Waals surface area contributed by atoms with Crippen LogP contribution < -0.4 is 0 Å². The van der Waals surface area contributed by atoms with E-state index in [1.54, 1.807) is 0 Å². The fourth-order valence-electron chi connectivity index (χ4n) is 1.77. The zero-order valence-electron chi connectivity index (χ0n) is 10.4. The van der Waals surface area contributed by atoms with Gasteiger partial charge in [-0.05, 0) is 36.6 Å². The van der Waals surface area contributed by atoms with Crippen LogP contribution in [0.4, 0.5) is 0 Å². The Morgan fingerprint density at radius 2 is 1.88 bits per heavy atom. The molecule has 0 amide bonds. The quantitative estimate of drug-likeness (QED) is 0.653. The van der Waals surface area contributed by atoms with Crippen LogP contribution in [0, 0.1) is 0 Å². The third-order valence-corrected chi connectivity index (χ3v) is 4.06. The zero-order valence-corrected chi connectivity index (χ0v) is 11.3. The molecule has 1 aromatic heterocycles. The Kier molecular flexibility index (Phi) is 4.16. The van der Waals surface area contributed by atoms with Gasteiger partial charge in [-0.3, -0.25) is 0 Å². The van der Waals surface area contributed by atoms with Crippen molar-refractivity contribution >= 4 is 16.9 Å². The second kappa shape index (κ2) is 5.83. The van der Waals surface area contributed by atoms with Crippen LogP contribution in [0.25, 0.3) is 16.0 Å². The molecule has 0 nitrogen and oxygen atoms in total. The van der Waals surface area contributed by atoms with Gasteiger partial charge >= 0.3 is 0 Å². The van der Waals surface area contributed by atoms with Crippen LogP contribution in [0.5, 0.6) is 0 Å². The maximum absolute atomic E-state index is 2.33. The molecule has 0 aliphatic rings. The average molecular weight is 242 g/mol. The molecule has 0 aliphatic heterocycles. The molecule has 0 saturated heterocycles. The van der Waals surface area contributed by atoms with E-state index < -0.39 is 0 Å². The molecule has 2 rings (SSSR count). The van der Waals surface area contributed by atoms with E-state index in [0.29, 0.717) is 0 Å². The Labute approximate surface area is 108 Å². The zero-order chi connectivity index (χ0) is 12.1. The average Bonchev–Trinajstić information content (AvgIpc) is 2.86. The molecule has 88 valence electrons. The van der Waals surface area contributed by atoms with Crippen LogP contribution in [0.2, 0.25) is 0 Å². The first-order valence-electron chi connectivity index (χ1n) is 6.13. The topological polar surface area (TPSA) is 0 Å². The lowest BCUT2D eigenvalue weighted by molar-refractivity contribution is 0.959. The summed E-state index contributed by atoms with van der Waals surface area (Å²) in [5, 5.41) is 0. The molecule has 1 heterocycles. The van der Waals surface area contributed by atoms with Gasteiger partial charge < -0.3 is 0 Å². The summed E-state index contributed by atoms with van der Waals surface area (Å²) in [5.41, 5.74) is 2.71. The highest BCUT2D eigenvalue weighted by molar-refractivity contribution is 7.16. The maximum atomic E-state index is 2.33. The monoisotopic (exact) mass is 242 g/mol. The van der Waals surface area contributed by atoms with Crippen LogP contribution in [-0.4, -0.2) is 0 Å². The summed E-state index contributed by atoms with van der Waals surface area (Å²) in [4.78, 5) is 2.74. The fourth-order valence-corrected chi connectivity index (χ4v) is 2.78. The van der Waals surface area contributed by atoms with Crippen molar-refractivity contribution in [1.82, 2.24) is 0 Å². The number of allylic oxidation sites excluding steroid dienone is 2. The highest BCUT2D eigenvalue weighted by Crippen LogP contribution is 2.31. The minimum atomic E-state index is 1.17. The van der Waals surface area contributed by atoms with E-state index in [4.69, 9.17) is 0 Å². The number of hydrogen-bond donors (Lipinski definition) is 0. The molecule has 0 bridgehead atoms. The SMILES string of the molecule is CCC/C=C(\C)c1ccc(-c2ccccc2)s1. The molecule has 0 spiro atoms. The van der Waals surface area contributed by atoms with Crippen molar-refractivity contribution in [2.45, 2.75) is 26.7 Å². The number of rotatable bonds is 4. The van der Waals surface area contributed by atoms with Gasteiger partial charge in [0, 0.05) is 9.75 Å². The minimum Gasteiger partial charge on any atom is -0.136 e. The molecule has 0 aliphatic carbocycles.